The first-order chi connectivity index (χ1) is 15.5. The van der Waals surface area contributed by atoms with Crippen LogP contribution in [0.5, 0.6) is 0 Å². The zero-order valence-electron chi connectivity index (χ0n) is 19.0. The van der Waals surface area contributed by atoms with Crippen LogP contribution in [0.25, 0.3) is 6.08 Å². The first-order valence-electron chi connectivity index (χ1n) is 10.6. The summed E-state index contributed by atoms with van der Waals surface area (Å²) < 4.78 is 7.65. The number of carbonyl (C=O) groups is 2. The summed E-state index contributed by atoms with van der Waals surface area (Å²) in [4.78, 5) is 40.6. The van der Waals surface area contributed by atoms with E-state index in [1.54, 1.807) is 20.0 Å². The van der Waals surface area contributed by atoms with Crippen molar-refractivity contribution >= 4 is 52.1 Å². The minimum absolute atomic E-state index is 0.0267. The SMILES string of the molecule is Cc1c(/C=C2/SC(=S)N(CCCC(=O)O)C2=O)c(N2CC(C)OC(C)C2)n(C)c(=O)c1C#N. The number of aromatic nitrogens is 1. The van der Waals surface area contributed by atoms with Gasteiger partial charge in [-0.3, -0.25) is 23.9 Å². The van der Waals surface area contributed by atoms with E-state index in [1.807, 2.05) is 24.8 Å². The zero-order chi connectivity index (χ0) is 24.4. The number of carboxylic acid groups (broad SMARTS) is 1. The van der Waals surface area contributed by atoms with Crippen molar-refractivity contribution in [3.05, 3.63) is 31.9 Å². The molecule has 1 aromatic rings. The van der Waals surface area contributed by atoms with E-state index in [0.29, 0.717) is 45.7 Å². The maximum Gasteiger partial charge on any atom is 0.303 e. The minimum atomic E-state index is -0.931. The summed E-state index contributed by atoms with van der Waals surface area (Å²) in [7, 11) is 1.62. The molecular weight excluding hydrogens is 464 g/mol. The lowest BCUT2D eigenvalue weighted by Crippen LogP contribution is -2.47. The summed E-state index contributed by atoms with van der Waals surface area (Å²) in [6.07, 6.45) is 1.81. The highest BCUT2D eigenvalue weighted by molar-refractivity contribution is 8.26. The number of anilines is 1. The Hall–Kier alpha value is -2.68. The summed E-state index contributed by atoms with van der Waals surface area (Å²) >= 11 is 6.48. The van der Waals surface area contributed by atoms with Gasteiger partial charge in [0.1, 0.15) is 21.8 Å². The van der Waals surface area contributed by atoms with Gasteiger partial charge in [-0.1, -0.05) is 24.0 Å². The summed E-state index contributed by atoms with van der Waals surface area (Å²) in [6, 6.07) is 2.00. The number of nitriles is 1. The third kappa shape index (κ3) is 5.13. The van der Waals surface area contributed by atoms with Crippen molar-refractivity contribution in [1.29, 1.82) is 5.26 Å². The number of ether oxygens (including phenoxy) is 1. The Kier molecular flexibility index (Phi) is 7.62. The van der Waals surface area contributed by atoms with E-state index in [9.17, 15) is 19.6 Å². The third-order valence-electron chi connectivity index (χ3n) is 5.61. The molecule has 0 aromatic carbocycles. The van der Waals surface area contributed by atoms with Crippen LogP contribution in [-0.2, 0) is 21.4 Å². The highest BCUT2D eigenvalue weighted by Gasteiger charge is 2.33. The van der Waals surface area contributed by atoms with Gasteiger partial charge in [0.05, 0.1) is 17.1 Å². The molecule has 9 nitrogen and oxygen atoms in total. The molecule has 0 saturated carbocycles. The number of carboxylic acids is 1. The molecule has 3 heterocycles. The Morgan fingerprint density at radius 1 is 1.33 bits per heavy atom. The monoisotopic (exact) mass is 490 g/mol. The lowest BCUT2D eigenvalue weighted by molar-refractivity contribution is -0.137. The van der Waals surface area contributed by atoms with E-state index in [4.69, 9.17) is 22.1 Å². The van der Waals surface area contributed by atoms with Gasteiger partial charge in [-0.05, 0) is 38.8 Å². The van der Waals surface area contributed by atoms with E-state index >= 15 is 0 Å². The standard InChI is InChI=1S/C22H26N4O5S2/c1-12-10-25(11-13(2)31-12)19-15(14(3)16(9-23)20(29)24(19)4)8-17-21(30)26(22(32)33-17)7-5-6-18(27)28/h8,12-13H,5-7,10-11H2,1-4H3,(H,27,28)/b17-8+. The molecule has 0 radical (unpaired) electrons. The van der Waals surface area contributed by atoms with Crippen molar-refractivity contribution in [3.63, 3.8) is 0 Å². The molecule has 3 rings (SSSR count). The Balaban J connectivity index is 2.08. The van der Waals surface area contributed by atoms with Gasteiger partial charge in [-0.15, -0.1) is 0 Å². The van der Waals surface area contributed by atoms with Crippen LogP contribution in [0.1, 0.15) is 43.4 Å². The molecule has 2 aliphatic heterocycles. The second-order valence-corrected chi connectivity index (χ2v) is 9.88. The van der Waals surface area contributed by atoms with Crippen LogP contribution in [0.3, 0.4) is 0 Å². The van der Waals surface area contributed by atoms with Crippen molar-refractivity contribution in [2.45, 2.75) is 45.8 Å². The Labute approximate surface area is 201 Å². The van der Waals surface area contributed by atoms with Crippen molar-refractivity contribution < 1.29 is 19.4 Å². The molecule has 0 aliphatic carbocycles. The minimum Gasteiger partial charge on any atom is -0.481 e. The zero-order valence-corrected chi connectivity index (χ0v) is 20.6. The number of rotatable bonds is 6. The summed E-state index contributed by atoms with van der Waals surface area (Å²) in [5.74, 6) is -0.620. The molecule has 11 heteroatoms. The quantitative estimate of drug-likeness (QED) is 0.473. The van der Waals surface area contributed by atoms with Crippen molar-refractivity contribution in [2.24, 2.45) is 7.05 Å². The van der Waals surface area contributed by atoms with Gasteiger partial charge < -0.3 is 14.7 Å². The van der Waals surface area contributed by atoms with Gasteiger partial charge in [-0.2, -0.15) is 5.26 Å². The van der Waals surface area contributed by atoms with Crippen molar-refractivity contribution in [2.75, 3.05) is 24.5 Å². The molecule has 1 amide bonds. The van der Waals surface area contributed by atoms with Crippen LogP contribution in [0.4, 0.5) is 5.82 Å². The predicted octanol–water partition coefficient (Wildman–Crippen LogP) is 2.25. The maximum absolute atomic E-state index is 13.0. The van der Waals surface area contributed by atoms with Gasteiger partial charge >= 0.3 is 5.97 Å². The number of thiocarbonyl (C=S) groups is 1. The molecule has 0 bridgehead atoms. The first kappa shape index (κ1) is 25.0. The largest absolute Gasteiger partial charge is 0.481 e. The van der Waals surface area contributed by atoms with Crippen molar-refractivity contribution in [1.82, 2.24) is 9.47 Å². The van der Waals surface area contributed by atoms with E-state index in [0.717, 1.165) is 11.8 Å². The lowest BCUT2D eigenvalue weighted by Gasteiger charge is -2.38. The topological polar surface area (TPSA) is 116 Å². The summed E-state index contributed by atoms with van der Waals surface area (Å²) in [5, 5.41) is 18.5. The fraction of sp³-hybridized carbons (Fsp3) is 0.500. The second kappa shape index (κ2) is 10.1. The second-order valence-electron chi connectivity index (χ2n) is 8.21. The number of thioether (sulfide) groups is 1. The number of hydrogen-bond acceptors (Lipinski definition) is 8. The van der Waals surface area contributed by atoms with Crippen LogP contribution in [0.2, 0.25) is 0 Å². The summed E-state index contributed by atoms with van der Waals surface area (Å²) in [5.41, 5.74) is 0.744. The molecule has 2 aliphatic rings. The van der Waals surface area contributed by atoms with Gasteiger partial charge in [0.2, 0.25) is 0 Å². The number of hydrogen-bond donors (Lipinski definition) is 1. The number of amides is 1. The lowest BCUT2D eigenvalue weighted by atomic mass is 10.0. The molecule has 0 spiro atoms. The van der Waals surface area contributed by atoms with Gasteiger partial charge in [0, 0.05) is 38.7 Å². The Morgan fingerprint density at radius 2 is 1.97 bits per heavy atom. The number of nitrogens with zero attached hydrogens (tertiary/aromatic N) is 4. The van der Waals surface area contributed by atoms with Gasteiger partial charge in [0.25, 0.3) is 11.5 Å². The predicted molar refractivity (Wildman–Crippen MR) is 130 cm³/mol. The van der Waals surface area contributed by atoms with Crippen LogP contribution < -0.4 is 10.5 Å². The van der Waals surface area contributed by atoms with Gasteiger partial charge in [-0.25, -0.2) is 0 Å². The smallest absolute Gasteiger partial charge is 0.303 e. The van der Waals surface area contributed by atoms with E-state index < -0.39 is 11.5 Å². The van der Waals surface area contributed by atoms with E-state index in [-0.39, 0.29) is 36.6 Å². The molecule has 2 atom stereocenters. The highest BCUT2D eigenvalue weighted by Crippen LogP contribution is 2.36. The van der Waals surface area contributed by atoms with Crippen LogP contribution in [-0.4, -0.2) is 62.6 Å². The molecule has 1 N–H and O–H groups in total. The van der Waals surface area contributed by atoms with E-state index in [2.05, 4.69) is 0 Å². The van der Waals surface area contributed by atoms with Crippen LogP contribution in [0.15, 0.2) is 9.70 Å². The number of morpholine rings is 1. The van der Waals surface area contributed by atoms with Gasteiger partial charge in [0.15, 0.2) is 0 Å². The highest BCUT2D eigenvalue weighted by atomic mass is 32.2. The average Bonchev–Trinajstić information content (AvgIpc) is 2.99. The number of pyridine rings is 1. The fourth-order valence-corrected chi connectivity index (χ4v) is 5.45. The normalized spacial score (nSPS) is 22.2. The maximum atomic E-state index is 13.0. The van der Waals surface area contributed by atoms with Crippen LogP contribution >= 0.6 is 24.0 Å². The molecule has 2 unspecified atom stereocenters. The number of carbonyl (C=O) groups excluding carboxylic acids is 1. The van der Waals surface area contributed by atoms with Crippen LogP contribution in [0, 0.1) is 18.3 Å². The summed E-state index contributed by atoms with van der Waals surface area (Å²) in [6.45, 7) is 6.95. The molecule has 2 fully saturated rings. The molecule has 33 heavy (non-hydrogen) atoms. The molecular formula is C22H26N4O5S2. The third-order valence-corrected chi connectivity index (χ3v) is 6.99. The Morgan fingerprint density at radius 3 is 2.55 bits per heavy atom. The Bertz CT molecular complexity index is 1130. The molecule has 176 valence electrons. The fourth-order valence-electron chi connectivity index (χ4n) is 4.16. The average molecular weight is 491 g/mol. The van der Waals surface area contributed by atoms with Crippen molar-refractivity contribution in [3.8, 4) is 6.07 Å². The molecule has 2 saturated heterocycles. The number of aliphatic carboxylic acids is 1. The molecule has 1 aromatic heterocycles. The first-order valence-corrected chi connectivity index (χ1v) is 11.8. The van der Waals surface area contributed by atoms with E-state index in [1.165, 1.54) is 9.47 Å².